The SMILES string of the molecule is c1ccc(-c2nc3nccnc3nc2-n2c3ccccc3c3c2ccc2c4ccccc4n(-c4ccccc4)c23)cc1. The van der Waals surface area contributed by atoms with E-state index in [9.17, 15) is 0 Å². The maximum atomic E-state index is 5.12. The van der Waals surface area contributed by atoms with E-state index >= 15 is 0 Å². The minimum atomic E-state index is 0.512. The Bertz CT molecular complexity index is 2460. The van der Waals surface area contributed by atoms with E-state index in [2.05, 4.69) is 122 Å². The maximum absolute atomic E-state index is 5.12. The van der Waals surface area contributed by atoms with Gasteiger partial charge >= 0.3 is 0 Å². The van der Waals surface area contributed by atoms with Crippen LogP contribution in [0.3, 0.4) is 0 Å². The molecule has 4 heterocycles. The average molecular weight is 539 g/mol. The van der Waals surface area contributed by atoms with Gasteiger partial charge in [0.25, 0.3) is 0 Å². The summed E-state index contributed by atoms with van der Waals surface area (Å²) in [5.41, 5.74) is 8.34. The van der Waals surface area contributed by atoms with Gasteiger partial charge in [-0.15, -0.1) is 0 Å². The first-order valence-electron chi connectivity index (χ1n) is 13.9. The van der Waals surface area contributed by atoms with Crippen molar-refractivity contribution in [3.63, 3.8) is 0 Å². The van der Waals surface area contributed by atoms with Crippen molar-refractivity contribution in [2.45, 2.75) is 0 Å². The Labute approximate surface area is 240 Å². The van der Waals surface area contributed by atoms with Gasteiger partial charge in [0.2, 0.25) is 0 Å². The molecule has 9 aromatic rings. The number of fused-ring (bicyclic) bond motifs is 8. The second-order valence-corrected chi connectivity index (χ2v) is 10.4. The molecule has 4 aromatic heterocycles. The van der Waals surface area contributed by atoms with Crippen LogP contribution in [-0.4, -0.2) is 29.1 Å². The summed E-state index contributed by atoms with van der Waals surface area (Å²) in [6.45, 7) is 0. The fraction of sp³-hybridized carbons (Fsp3) is 0. The highest BCUT2D eigenvalue weighted by Crippen LogP contribution is 2.42. The molecular formula is C36H22N6. The van der Waals surface area contributed by atoms with Crippen molar-refractivity contribution in [3.8, 4) is 22.8 Å². The largest absolute Gasteiger partial charge is 0.309 e. The van der Waals surface area contributed by atoms with Crippen molar-refractivity contribution in [2.75, 3.05) is 0 Å². The Balaban J connectivity index is 1.50. The highest BCUT2D eigenvalue weighted by atomic mass is 15.1. The number of benzene rings is 5. The summed E-state index contributed by atoms with van der Waals surface area (Å²) in [7, 11) is 0. The molecule has 196 valence electrons. The van der Waals surface area contributed by atoms with Crippen LogP contribution >= 0.6 is 0 Å². The molecule has 0 saturated carbocycles. The number of hydrogen-bond acceptors (Lipinski definition) is 4. The van der Waals surface area contributed by atoms with Gasteiger partial charge in [-0.3, -0.25) is 4.57 Å². The van der Waals surface area contributed by atoms with Crippen molar-refractivity contribution >= 4 is 54.9 Å². The number of para-hydroxylation sites is 3. The summed E-state index contributed by atoms with van der Waals surface area (Å²) in [5.74, 6) is 0.724. The van der Waals surface area contributed by atoms with Crippen LogP contribution < -0.4 is 0 Å². The first kappa shape index (κ1) is 22.9. The summed E-state index contributed by atoms with van der Waals surface area (Å²) in [4.78, 5) is 19.1. The molecule has 0 amide bonds. The van der Waals surface area contributed by atoms with Crippen LogP contribution in [0.4, 0.5) is 0 Å². The van der Waals surface area contributed by atoms with E-state index in [4.69, 9.17) is 9.97 Å². The van der Waals surface area contributed by atoms with E-state index in [1.807, 2.05) is 18.2 Å². The van der Waals surface area contributed by atoms with Crippen molar-refractivity contribution < 1.29 is 0 Å². The molecule has 0 radical (unpaired) electrons. The van der Waals surface area contributed by atoms with Crippen molar-refractivity contribution in [3.05, 3.63) is 134 Å². The minimum absolute atomic E-state index is 0.512. The highest BCUT2D eigenvalue weighted by molar-refractivity contribution is 6.26. The summed E-state index contributed by atoms with van der Waals surface area (Å²) in [5, 5.41) is 4.76. The molecule has 5 aromatic carbocycles. The van der Waals surface area contributed by atoms with Gasteiger partial charge in [-0.25, -0.2) is 19.9 Å². The molecule has 0 spiro atoms. The van der Waals surface area contributed by atoms with Crippen molar-refractivity contribution in [1.82, 2.24) is 29.1 Å². The highest BCUT2D eigenvalue weighted by Gasteiger charge is 2.23. The normalized spacial score (nSPS) is 11.8. The first-order valence-corrected chi connectivity index (χ1v) is 13.9. The van der Waals surface area contributed by atoms with Gasteiger partial charge in [0.05, 0.1) is 22.1 Å². The smallest absolute Gasteiger partial charge is 0.199 e. The Morgan fingerprint density at radius 1 is 0.452 bits per heavy atom. The molecule has 0 fully saturated rings. The fourth-order valence-electron chi connectivity index (χ4n) is 6.32. The summed E-state index contributed by atoms with van der Waals surface area (Å²) >= 11 is 0. The Morgan fingerprint density at radius 3 is 1.83 bits per heavy atom. The maximum Gasteiger partial charge on any atom is 0.199 e. The predicted octanol–water partition coefficient (Wildman–Crippen LogP) is 8.28. The quantitative estimate of drug-likeness (QED) is 0.227. The zero-order valence-corrected chi connectivity index (χ0v) is 22.4. The van der Waals surface area contributed by atoms with Crippen LogP contribution in [0.2, 0.25) is 0 Å². The zero-order valence-electron chi connectivity index (χ0n) is 22.4. The lowest BCUT2D eigenvalue weighted by atomic mass is 10.1. The Morgan fingerprint density at radius 2 is 1.07 bits per heavy atom. The van der Waals surface area contributed by atoms with Crippen LogP contribution in [0, 0.1) is 0 Å². The average Bonchev–Trinajstić information content (AvgIpc) is 3.58. The summed E-state index contributed by atoms with van der Waals surface area (Å²) in [6, 6.07) is 42.4. The lowest BCUT2D eigenvalue weighted by Gasteiger charge is -2.13. The monoisotopic (exact) mass is 538 g/mol. The zero-order chi connectivity index (χ0) is 27.6. The van der Waals surface area contributed by atoms with E-state index in [1.54, 1.807) is 12.4 Å². The number of hydrogen-bond donors (Lipinski definition) is 0. The van der Waals surface area contributed by atoms with E-state index in [0.29, 0.717) is 11.3 Å². The number of aromatic nitrogens is 6. The molecule has 0 aliphatic heterocycles. The lowest BCUT2D eigenvalue weighted by molar-refractivity contribution is 1.05. The van der Waals surface area contributed by atoms with E-state index < -0.39 is 0 Å². The van der Waals surface area contributed by atoms with E-state index in [0.717, 1.165) is 39.2 Å². The van der Waals surface area contributed by atoms with Crippen molar-refractivity contribution in [1.29, 1.82) is 0 Å². The standard InChI is InChI=1S/C36H22N6/c1-3-11-23(12-4-1)32-36(40-35-34(39-32)37-21-22-38-35)42-29-18-10-8-16-27(29)31-30(42)20-19-26-25-15-7-9-17-28(25)41(33(26)31)24-13-5-2-6-14-24/h1-22H. The molecule has 0 saturated heterocycles. The molecule has 9 rings (SSSR count). The lowest BCUT2D eigenvalue weighted by Crippen LogP contribution is -2.05. The summed E-state index contributed by atoms with van der Waals surface area (Å²) in [6.07, 6.45) is 3.32. The Kier molecular flexibility index (Phi) is 4.80. The third kappa shape index (κ3) is 3.20. The molecule has 0 N–H and O–H groups in total. The molecule has 0 unspecified atom stereocenters. The van der Waals surface area contributed by atoms with Gasteiger partial charge in [-0.2, -0.15) is 0 Å². The second-order valence-electron chi connectivity index (χ2n) is 10.4. The Hall–Kier alpha value is -5.88. The first-order chi connectivity index (χ1) is 20.9. The third-order valence-corrected chi connectivity index (χ3v) is 8.04. The molecule has 42 heavy (non-hydrogen) atoms. The number of nitrogens with zero attached hydrogens (tertiary/aromatic N) is 6. The predicted molar refractivity (Wildman–Crippen MR) is 169 cm³/mol. The second kappa shape index (κ2) is 8.81. The van der Waals surface area contributed by atoms with Gasteiger partial charge < -0.3 is 4.57 Å². The molecule has 6 heteroatoms. The molecule has 0 atom stereocenters. The molecular weight excluding hydrogens is 516 g/mol. The van der Waals surface area contributed by atoms with Crippen LogP contribution in [0.1, 0.15) is 0 Å². The van der Waals surface area contributed by atoms with Gasteiger partial charge in [-0.1, -0.05) is 91.0 Å². The van der Waals surface area contributed by atoms with E-state index in [-0.39, 0.29) is 0 Å². The molecule has 0 aliphatic rings. The topological polar surface area (TPSA) is 61.4 Å². The van der Waals surface area contributed by atoms with Crippen LogP contribution in [0.15, 0.2) is 134 Å². The van der Waals surface area contributed by atoms with Crippen LogP contribution in [0.5, 0.6) is 0 Å². The molecule has 0 bridgehead atoms. The van der Waals surface area contributed by atoms with Crippen molar-refractivity contribution in [2.24, 2.45) is 0 Å². The van der Waals surface area contributed by atoms with Crippen LogP contribution in [0.25, 0.3) is 77.7 Å². The minimum Gasteiger partial charge on any atom is -0.309 e. The third-order valence-electron chi connectivity index (χ3n) is 8.04. The molecule has 6 nitrogen and oxygen atoms in total. The molecule has 0 aliphatic carbocycles. The van der Waals surface area contributed by atoms with Gasteiger partial charge in [0.15, 0.2) is 17.1 Å². The van der Waals surface area contributed by atoms with Gasteiger partial charge in [0, 0.05) is 45.2 Å². The fourth-order valence-corrected chi connectivity index (χ4v) is 6.32. The van der Waals surface area contributed by atoms with Gasteiger partial charge in [0.1, 0.15) is 5.69 Å². The van der Waals surface area contributed by atoms with Crippen LogP contribution in [-0.2, 0) is 0 Å². The summed E-state index contributed by atoms with van der Waals surface area (Å²) < 4.78 is 4.62. The number of rotatable bonds is 3. The van der Waals surface area contributed by atoms with E-state index in [1.165, 1.54) is 27.2 Å². The van der Waals surface area contributed by atoms with Gasteiger partial charge in [-0.05, 0) is 30.3 Å².